The third-order valence-corrected chi connectivity index (χ3v) is 5.08. The standard InChI is InChI=1S/C22H22F3N5O/c1-14-12-17(31-22(23,24)25)6-7-18(14)28-20-13-19(15-8-10-26-11-9-15)29-21(30-20)27-16-4-2-3-5-16/h6-13,16H,2-5H2,1H3,(H2,27,28,29,30). The molecule has 162 valence electrons. The lowest BCUT2D eigenvalue weighted by Gasteiger charge is -2.16. The number of aryl methyl sites for hydroxylation is 1. The second-order valence-corrected chi connectivity index (χ2v) is 7.47. The van der Waals surface area contributed by atoms with Crippen LogP contribution in [0.1, 0.15) is 31.2 Å². The zero-order chi connectivity index (χ0) is 21.8. The van der Waals surface area contributed by atoms with E-state index in [9.17, 15) is 13.2 Å². The van der Waals surface area contributed by atoms with Gasteiger partial charge in [0.25, 0.3) is 0 Å². The van der Waals surface area contributed by atoms with E-state index in [0.29, 0.717) is 29.1 Å². The van der Waals surface area contributed by atoms with Gasteiger partial charge in [0.05, 0.1) is 5.69 Å². The number of aromatic nitrogens is 3. The van der Waals surface area contributed by atoms with E-state index in [1.54, 1.807) is 25.4 Å². The molecule has 0 bridgehead atoms. The molecule has 0 aliphatic heterocycles. The Bertz CT molecular complexity index is 1040. The highest BCUT2D eigenvalue weighted by Crippen LogP contribution is 2.30. The number of halogens is 3. The number of hydrogen-bond donors (Lipinski definition) is 2. The second-order valence-electron chi connectivity index (χ2n) is 7.47. The number of nitrogens with one attached hydrogen (secondary N) is 2. The van der Waals surface area contributed by atoms with Crippen LogP contribution in [0.15, 0.2) is 48.8 Å². The summed E-state index contributed by atoms with van der Waals surface area (Å²) in [4.78, 5) is 13.3. The first-order valence-corrected chi connectivity index (χ1v) is 10.1. The molecule has 31 heavy (non-hydrogen) atoms. The van der Waals surface area contributed by atoms with Crippen molar-refractivity contribution in [1.82, 2.24) is 15.0 Å². The summed E-state index contributed by atoms with van der Waals surface area (Å²) in [5.74, 6) is 0.785. The molecule has 1 saturated carbocycles. The zero-order valence-corrected chi connectivity index (χ0v) is 16.9. The van der Waals surface area contributed by atoms with Crippen LogP contribution >= 0.6 is 0 Å². The van der Waals surface area contributed by atoms with Crippen LogP contribution in [0.25, 0.3) is 11.3 Å². The summed E-state index contributed by atoms with van der Waals surface area (Å²) < 4.78 is 41.4. The first-order valence-electron chi connectivity index (χ1n) is 10.1. The first-order chi connectivity index (χ1) is 14.9. The summed E-state index contributed by atoms with van der Waals surface area (Å²) in [7, 11) is 0. The van der Waals surface area contributed by atoms with Gasteiger partial charge in [-0.3, -0.25) is 4.98 Å². The van der Waals surface area contributed by atoms with Crippen LogP contribution in [0.5, 0.6) is 5.75 Å². The number of ether oxygens (including phenoxy) is 1. The van der Waals surface area contributed by atoms with Gasteiger partial charge in [-0.2, -0.15) is 4.98 Å². The van der Waals surface area contributed by atoms with Crippen molar-refractivity contribution >= 4 is 17.5 Å². The average molecular weight is 429 g/mol. The Morgan fingerprint density at radius 3 is 2.42 bits per heavy atom. The highest BCUT2D eigenvalue weighted by molar-refractivity contribution is 5.68. The van der Waals surface area contributed by atoms with Crippen molar-refractivity contribution in [2.75, 3.05) is 10.6 Å². The van der Waals surface area contributed by atoms with Gasteiger partial charge in [0, 0.05) is 35.8 Å². The van der Waals surface area contributed by atoms with Crippen molar-refractivity contribution in [2.45, 2.75) is 45.0 Å². The summed E-state index contributed by atoms with van der Waals surface area (Å²) in [5, 5.41) is 6.60. The molecule has 0 atom stereocenters. The minimum atomic E-state index is -4.73. The highest BCUT2D eigenvalue weighted by atomic mass is 19.4. The molecular weight excluding hydrogens is 407 g/mol. The molecule has 1 aliphatic rings. The number of hydrogen-bond acceptors (Lipinski definition) is 6. The molecule has 1 fully saturated rings. The summed E-state index contributed by atoms with van der Waals surface area (Å²) in [6, 6.07) is 9.99. The number of alkyl halides is 3. The molecule has 9 heteroatoms. The van der Waals surface area contributed by atoms with Gasteiger partial charge in [-0.15, -0.1) is 13.2 Å². The number of nitrogens with zero attached hydrogens (tertiary/aromatic N) is 3. The van der Waals surface area contributed by atoms with Gasteiger partial charge >= 0.3 is 6.36 Å². The number of rotatable bonds is 6. The second kappa shape index (κ2) is 8.79. The number of anilines is 3. The van der Waals surface area contributed by atoms with Crippen LogP contribution < -0.4 is 15.4 Å². The molecule has 6 nitrogen and oxygen atoms in total. The van der Waals surface area contributed by atoms with E-state index in [2.05, 4.69) is 30.3 Å². The quantitative estimate of drug-likeness (QED) is 0.513. The number of benzene rings is 1. The van der Waals surface area contributed by atoms with Crippen molar-refractivity contribution in [2.24, 2.45) is 0 Å². The Morgan fingerprint density at radius 1 is 1.00 bits per heavy atom. The largest absolute Gasteiger partial charge is 0.573 e. The van der Waals surface area contributed by atoms with Gasteiger partial charge in [0.15, 0.2) is 0 Å². The van der Waals surface area contributed by atoms with Crippen molar-refractivity contribution in [3.8, 4) is 17.0 Å². The number of pyridine rings is 1. The lowest BCUT2D eigenvalue weighted by molar-refractivity contribution is -0.274. The fraction of sp³-hybridized carbons (Fsp3) is 0.318. The van der Waals surface area contributed by atoms with Gasteiger partial charge in [-0.25, -0.2) is 4.98 Å². The van der Waals surface area contributed by atoms with Crippen molar-refractivity contribution in [3.63, 3.8) is 0 Å². The molecule has 0 saturated heterocycles. The van der Waals surface area contributed by atoms with Gasteiger partial charge in [-0.05, 0) is 55.7 Å². The molecule has 2 aromatic heterocycles. The van der Waals surface area contributed by atoms with E-state index in [1.807, 2.05) is 12.1 Å². The lowest BCUT2D eigenvalue weighted by atomic mass is 10.1. The third-order valence-electron chi connectivity index (χ3n) is 5.08. The predicted molar refractivity (Wildman–Crippen MR) is 112 cm³/mol. The van der Waals surface area contributed by atoms with Gasteiger partial charge in [-0.1, -0.05) is 12.8 Å². The molecule has 3 aromatic rings. The maximum Gasteiger partial charge on any atom is 0.573 e. The Balaban J connectivity index is 1.62. The summed E-state index contributed by atoms with van der Waals surface area (Å²) in [6.07, 6.45) is 3.16. The van der Waals surface area contributed by atoms with Crippen molar-refractivity contribution < 1.29 is 17.9 Å². The van der Waals surface area contributed by atoms with Crippen LogP contribution in [-0.2, 0) is 0 Å². The van der Waals surface area contributed by atoms with E-state index >= 15 is 0 Å². The molecule has 0 amide bonds. The zero-order valence-electron chi connectivity index (χ0n) is 16.9. The average Bonchev–Trinajstić information content (AvgIpc) is 3.22. The van der Waals surface area contributed by atoms with E-state index in [0.717, 1.165) is 24.1 Å². The Labute approximate surface area is 177 Å². The van der Waals surface area contributed by atoms with Gasteiger partial charge in [0.2, 0.25) is 5.95 Å². The van der Waals surface area contributed by atoms with Crippen LogP contribution in [0.3, 0.4) is 0 Å². The fourth-order valence-electron chi connectivity index (χ4n) is 3.61. The van der Waals surface area contributed by atoms with Crippen LogP contribution in [0, 0.1) is 6.92 Å². The Kier molecular flexibility index (Phi) is 5.92. The van der Waals surface area contributed by atoms with Crippen LogP contribution in [0.4, 0.5) is 30.6 Å². The molecule has 2 N–H and O–H groups in total. The minimum Gasteiger partial charge on any atom is -0.406 e. The van der Waals surface area contributed by atoms with Crippen LogP contribution in [-0.4, -0.2) is 27.4 Å². The first kappa shape index (κ1) is 20.9. The lowest BCUT2D eigenvalue weighted by Crippen LogP contribution is -2.17. The molecule has 1 aliphatic carbocycles. The molecule has 0 unspecified atom stereocenters. The Morgan fingerprint density at radius 2 is 1.74 bits per heavy atom. The molecular formula is C22H22F3N5O. The third kappa shape index (κ3) is 5.62. The molecule has 4 rings (SSSR count). The summed E-state index contributed by atoms with van der Waals surface area (Å²) >= 11 is 0. The predicted octanol–water partition coefficient (Wildman–Crippen LogP) is 5.84. The maximum absolute atomic E-state index is 12.5. The monoisotopic (exact) mass is 429 g/mol. The Hall–Kier alpha value is -3.36. The fourth-order valence-corrected chi connectivity index (χ4v) is 3.61. The SMILES string of the molecule is Cc1cc(OC(F)(F)F)ccc1Nc1cc(-c2ccncc2)nc(NC2CCCC2)n1. The van der Waals surface area contributed by atoms with Crippen LogP contribution in [0.2, 0.25) is 0 Å². The highest BCUT2D eigenvalue weighted by Gasteiger charge is 2.31. The van der Waals surface area contributed by atoms with Crippen molar-refractivity contribution in [3.05, 3.63) is 54.4 Å². The van der Waals surface area contributed by atoms with E-state index in [1.165, 1.54) is 31.0 Å². The van der Waals surface area contributed by atoms with Crippen molar-refractivity contribution in [1.29, 1.82) is 0 Å². The normalized spacial score (nSPS) is 14.5. The maximum atomic E-state index is 12.5. The van der Waals surface area contributed by atoms with Gasteiger partial charge in [0.1, 0.15) is 11.6 Å². The molecule has 1 aromatic carbocycles. The van der Waals surface area contributed by atoms with E-state index in [4.69, 9.17) is 0 Å². The summed E-state index contributed by atoms with van der Waals surface area (Å²) in [5.41, 5.74) is 2.83. The molecule has 0 spiro atoms. The molecule has 2 heterocycles. The van der Waals surface area contributed by atoms with Gasteiger partial charge < -0.3 is 15.4 Å². The molecule has 0 radical (unpaired) electrons. The summed E-state index contributed by atoms with van der Waals surface area (Å²) in [6.45, 7) is 1.70. The topological polar surface area (TPSA) is 72.0 Å². The van der Waals surface area contributed by atoms with E-state index in [-0.39, 0.29) is 5.75 Å². The van der Waals surface area contributed by atoms with E-state index < -0.39 is 6.36 Å². The smallest absolute Gasteiger partial charge is 0.406 e. The minimum absolute atomic E-state index is 0.265.